The molecule has 1 amide bonds. The Kier molecular flexibility index (Phi) is 4.22. The fraction of sp³-hybridized carbons (Fsp3) is 0.846. The fourth-order valence-electron chi connectivity index (χ4n) is 2.74. The Balaban J connectivity index is 1.92. The van der Waals surface area contributed by atoms with Crippen molar-refractivity contribution in [2.45, 2.75) is 38.6 Å². The quantitative estimate of drug-likeness (QED) is 0.806. The Morgan fingerprint density at radius 1 is 1.28 bits per heavy atom. The lowest BCUT2D eigenvalue weighted by Gasteiger charge is -2.39. The third kappa shape index (κ3) is 2.83. The van der Waals surface area contributed by atoms with E-state index in [9.17, 15) is 14.7 Å². The summed E-state index contributed by atoms with van der Waals surface area (Å²) in [4.78, 5) is 26.9. The maximum atomic E-state index is 11.9. The summed E-state index contributed by atoms with van der Waals surface area (Å²) in [6, 6.07) is -0.478. The number of carboxylic acid groups (broad SMARTS) is 1. The molecule has 2 fully saturated rings. The number of hydrogen-bond acceptors (Lipinski definition) is 3. The maximum absolute atomic E-state index is 11.9. The van der Waals surface area contributed by atoms with E-state index in [1.807, 2.05) is 9.80 Å². The van der Waals surface area contributed by atoms with Gasteiger partial charge in [0.2, 0.25) is 5.91 Å². The van der Waals surface area contributed by atoms with Gasteiger partial charge in [0.15, 0.2) is 0 Å². The number of nitrogens with zero attached hydrogens (tertiary/aromatic N) is 2. The highest BCUT2D eigenvalue weighted by Crippen LogP contribution is 2.25. The SMILES string of the molecule is CCC1CCN(CC(=O)N2CCC2)C(C(=O)O)C1. The van der Waals surface area contributed by atoms with Crippen LogP contribution in [-0.4, -0.2) is 59.0 Å². The highest BCUT2D eigenvalue weighted by molar-refractivity contribution is 5.80. The Morgan fingerprint density at radius 2 is 2.00 bits per heavy atom. The van der Waals surface area contributed by atoms with Crippen molar-refractivity contribution in [1.82, 2.24) is 9.80 Å². The molecule has 0 aromatic carbocycles. The third-order valence-corrected chi connectivity index (χ3v) is 4.23. The summed E-state index contributed by atoms with van der Waals surface area (Å²) < 4.78 is 0. The Labute approximate surface area is 108 Å². The van der Waals surface area contributed by atoms with Gasteiger partial charge in [-0.2, -0.15) is 0 Å². The molecule has 2 aliphatic rings. The average Bonchev–Trinajstić information content (AvgIpc) is 2.26. The number of hydrogen-bond donors (Lipinski definition) is 1. The van der Waals surface area contributed by atoms with Gasteiger partial charge in [-0.05, 0) is 31.7 Å². The third-order valence-electron chi connectivity index (χ3n) is 4.23. The van der Waals surface area contributed by atoms with Crippen LogP contribution in [0.25, 0.3) is 0 Å². The van der Waals surface area contributed by atoms with Crippen molar-refractivity contribution in [1.29, 1.82) is 0 Å². The van der Waals surface area contributed by atoms with E-state index in [2.05, 4.69) is 6.92 Å². The molecule has 2 atom stereocenters. The van der Waals surface area contributed by atoms with Crippen LogP contribution >= 0.6 is 0 Å². The predicted molar refractivity (Wildman–Crippen MR) is 67.2 cm³/mol. The molecule has 5 nitrogen and oxygen atoms in total. The van der Waals surface area contributed by atoms with Crippen molar-refractivity contribution in [2.75, 3.05) is 26.2 Å². The van der Waals surface area contributed by atoms with Crippen LogP contribution in [0.15, 0.2) is 0 Å². The van der Waals surface area contributed by atoms with E-state index in [0.29, 0.717) is 12.3 Å². The molecule has 2 rings (SSSR count). The molecule has 5 heteroatoms. The largest absolute Gasteiger partial charge is 0.480 e. The smallest absolute Gasteiger partial charge is 0.320 e. The minimum Gasteiger partial charge on any atom is -0.480 e. The Hall–Kier alpha value is -1.10. The molecule has 0 saturated carbocycles. The van der Waals surface area contributed by atoms with Gasteiger partial charge in [-0.15, -0.1) is 0 Å². The van der Waals surface area contributed by atoms with Crippen LogP contribution in [0.1, 0.15) is 32.6 Å². The number of carbonyl (C=O) groups is 2. The lowest BCUT2D eigenvalue weighted by Crippen LogP contribution is -2.53. The van der Waals surface area contributed by atoms with Crippen LogP contribution < -0.4 is 0 Å². The highest BCUT2D eigenvalue weighted by Gasteiger charge is 2.34. The number of carboxylic acids is 1. The molecule has 0 aliphatic carbocycles. The first-order chi connectivity index (χ1) is 8.61. The van der Waals surface area contributed by atoms with E-state index in [1.54, 1.807) is 0 Å². The van der Waals surface area contributed by atoms with Crippen LogP contribution in [0.3, 0.4) is 0 Å². The monoisotopic (exact) mass is 254 g/mol. The summed E-state index contributed by atoms with van der Waals surface area (Å²) in [7, 11) is 0. The zero-order chi connectivity index (χ0) is 13.1. The topological polar surface area (TPSA) is 60.9 Å². The molecule has 0 aromatic rings. The second kappa shape index (κ2) is 5.69. The summed E-state index contributed by atoms with van der Waals surface area (Å²) in [5.41, 5.74) is 0. The molecule has 0 aromatic heterocycles. The summed E-state index contributed by atoms with van der Waals surface area (Å²) >= 11 is 0. The predicted octanol–water partition coefficient (Wildman–Crippen LogP) is 0.794. The van der Waals surface area contributed by atoms with Crippen molar-refractivity contribution in [2.24, 2.45) is 5.92 Å². The van der Waals surface area contributed by atoms with Crippen molar-refractivity contribution < 1.29 is 14.7 Å². The average molecular weight is 254 g/mol. The minimum absolute atomic E-state index is 0.0856. The molecule has 102 valence electrons. The summed E-state index contributed by atoms with van der Waals surface area (Å²) in [6.07, 6.45) is 3.79. The van der Waals surface area contributed by atoms with Gasteiger partial charge in [0, 0.05) is 13.1 Å². The summed E-state index contributed by atoms with van der Waals surface area (Å²) in [6.45, 7) is 4.77. The van der Waals surface area contributed by atoms with E-state index in [1.165, 1.54) is 0 Å². The lowest BCUT2D eigenvalue weighted by atomic mass is 9.89. The van der Waals surface area contributed by atoms with E-state index in [0.717, 1.165) is 38.9 Å². The van der Waals surface area contributed by atoms with Gasteiger partial charge in [-0.25, -0.2) is 0 Å². The Morgan fingerprint density at radius 3 is 2.50 bits per heavy atom. The second-order valence-electron chi connectivity index (χ2n) is 5.36. The van der Waals surface area contributed by atoms with Crippen molar-refractivity contribution in [3.63, 3.8) is 0 Å². The highest BCUT2D eigenvalue weighted by atomic mass is 16.4. The van der Waals surface area contributed by atoms with Gasteiger partial charge < -0.3 is 10.0 Å². The van der Waals surface area contributed by atoms with E-state index in [4.69, 9.17) is 0 Å². The number of carbonyl (C=O) groups excluding carboxylic acids is 1. The molecule has 0 radical (unpaired) electrons. The summed E-state index contributed by atoms with van der Waals surface area (Å²) in [5, 5.41) is 9.28. The molecule has 2 unspecified atom stereocenters. The zero-order valence-corrected chi connectivity index (χ0v) is 11.0. The standard InChI is InChI=1S/C13H22N2O3/c1-2-10-4-7-15(11(8-10)13(17)18)9-12(16)14-5-3-6-14/h10-11H,2-9H2,1H3,(H,17,18). The van der Waals surface area contributed by atoms with Gasteiger partial charge in [0.1, 0.15) is 6.04 Å². The van der Waals surface area contributed by atoms with Crippen LogP contribution in [0.2, 0.25) is 0 Å². The Bertz CT molecular complexity index is 328. The zero-order valence-electron chi connectivity index (χ0n) is 11.0. The van der Waals surface area contributed by atoms with E-state index >= 15 is 0 Å². The molecule has 2 saturated heterocycles. The van der Waals surface area contributed by atoms with Gasteiger partial charge >= 0.3 is 5.97 Å². The van der Waals surface area contributed by atoms with Gasteiger partial charge in [-0.3, -0.25) is 14.5 Å². The molecule has 0 spiro atoms. The normalized spacial score (nSPS) is 28.8. The minimum atomic E-state index is -0.787. The molecule has 2 aliphatic heterocycles. The lowest BCUT2D eigenvalue weighted by molar-refractivity contribution is -0.148. The molecular weight excluding hydrogens is 232 g/mol. The van der Waals surface area contributed by atoms with Gasteiger partial charge in [-0.1, -0.05) is 13.3 Å². The number of rotatable bonds is 4. The van der Waals surface area contributed by atoms with Crippen LogP contribution in [0, 0.1) is 5.92 Å². The first kappa shape index (κ1) is 13.3. The van der Waals surface area contributed by atoms with E-state index in [-0.39, 0.29) is 12.5 Å². The van der Waals surface area contributed by atoms with Crippen molar-refractivity contribution >= 4 is 11.9 Å². The van der Waals surface area contributed by atoms with E-state index < -0.39 is 12.0 Å². The van der Waals surface area contributed by atoms with Crippen LogP contribution in [0.4, 0.5) is 0 Å². The first-order valence-corrected chi connectivity index (χ1v) is 6.86. The number of aliphatic carboxylic acids is 1. The molecule has 0 bridgehead atoms. The molecular formula is C13H22N2O3. The fourth-order valence-corrected chi connectivity index (χ4v) is 2.74. The van der Waals surface area contributed by atoms with Crippen LogP contribution in [-0.2, 0) is 9.59 Å². The maximum Gasteiger partial charge on any atom is 0.320 e. The second-order valence-corrected chi connectivity index (χ2v) is 5.36. The molecule has 18 heavy (non-hydrogen) atoms. The van der Waals surface area contributed by atoms with Crippen molar-refractivity contribution in [3.8, 4) is 0 Å². The first-order valence-electron chi connectivity index (χ1n) is 6.86. The van der Waals surface area contributed by atoms with Crippen molar-refractivity contribution in [3.05, 3.63) is 0 Å². The number of amides is 1. The summed E-state index contributed by atoms with van der Waals surface area (Å²) in [5.74, 6) is -0.214. The van der Waals surface area contributed by atoms with Crippen LogP contribution in [0.5, 0.6) is 0 Å². The number of likely N-dealkylation sites (tertiary alicyclic amines) is 2. The van der Waals surface area contributed by atoms with Gasteiger partial charge in [0.25, 0.3) is 0 Å². The molecule has 1 N–H and O–H groups in total. The molecule has 2 heterocycles. The number of piperidine rings is 1. The van der Waals surface area contributed by atoms with Gasteiger partial charge in [0.05, 0.1) is 6.54 Å².